The highest BCUT2D eigenvalue weighted by Crippen LogP contribution is 2.22. The van der Waals surface area contributed by atoms with Crippen molar-refractivity contribution >= 4 is 27.7 Å². The summed E-state index contributed by atoms with van der Waals surface area (Å²) in [5.41, 5.74) is 0.350. The molecule has 0 spiro atoms. The molecule has 132 valence electrons. The molecule has 0 heterocycles. The Bertz CT molecular complexity index is 834. The molecule has 2 aromatic rings. The lowest BCUT2D eigenvalue weighted by Crippen LogP contribution is -2.28. The summed E-state index contributed by atoms with van der Waals surface area (Å²) in [5, 5.41) is 2.83. The third kappa shape index (κ3) is 5.32. The van der Waals surface area contributed by atoms with Gasteiger partial charge in [-0.25, -0.2) is 13.1 Å². The van der Waals surface area contributed by atoms with Crippen LogP contribution in [0.25, 0.3) is 0 Å². The summed E-state index contributed by atoms with van der Waals surface area (Å²) in [6.07, 6.45) is 1.75. The highest BCUT2D eigenvalue weighted by Gasteiger charge is 2.28. The fourth-order valence-corrected chi connectivity index (χ4v) is 4.39. The van der Waals surface area contributed by atoms with Gasteiger partial charge in [-0.2, -0.15) is 0 Å². The van der Waals surface area contributed by atoms with E-state index in [4.69, 9.17) is 0 Å². The monoisotopic (exact) mass is 376 g/mol. The molecule has 1 saturated carbocycles. The maximum Gasteiger partial charge on any atom is 0.251 e. The summed E-state index contributed by atoms with van der Waals surface area (Å²) in [5.74, 6) is 0.480. The van der Waals surface area contributed by atoms with Crippen molar-refractivity contribution in [2.75, 3.05) is 12.3 Å². The smallest absolute Gasteiger partial charge is 0.251 e. The standard InChI is InChI=1S/C18H20N2O3S2/c21-18(19-11-12-24-16-6-2-1-3-7-16)14-5-4-8-17(13-14)25(22,23)20-15-9-10-15/h1-8,13,15,20H,9-12H2,(H,19,21). The van der Waals surface area contributed by atoms with E-state index in [-0.39, 0.29) is 16.8 Å². The van der Waals surface area contributed by atoms with E-state index in [1.165, 1.54) is 12.1 Å². The Morgan fingerprint density at radius 3 is 2.56 bits per heavy atom. The van der Waals surface area contributed by atoms with Crippen LogP contribution < -0.4 is 10.0 Å². The van der Waals surface area contributed by atoms with Crippen molar-refractivity contribution in [3.8, 4) is 0 Å². The summed E-state index contributed by atoms with van der Waals surface area (Å²) in [7, 11) is -3.55. The first-order valence-corrected chi connectivity index (χ1v) is 10.6. The van der Waals surface area contributed by atoms with Crippen molar-refractivity contribution < 1.29 is 13.2 Å². The quantitative estimate of drug-likeness (QED) is 0.549. The van der Waals surface area contributed by atoms with Gasteiger partial charge in [-0.05, 0) is 43.2 Å². The van der Waals surface area contributed by atoms with Crippen LogP contribution in [-0.2, 0) is 10.0 Å². The maximum atomic E-state index is 12.2. The molecule has 1 aliphatic carbocycles. The Morgan fingerprint density at radius 1 is 1.08 bits per heavy atom. The number of carbonyl (C=O) groups is 1. The Hall–Kier alpha value is -1.83. The molecule has 1 aliphatic rings. The average Bonchev–Trinajstić information content (AvgIpc) is 3.43. The minimum Gasteiger partial charge on any atom is -0.351 e. The number of hydrogen-bond donors (Lipinski definition) is 2. The van der Waals surface area contributed by atoms with Gasteiger partial charge in [0.05, 0.1) is 4.90 Å². The molecule has 7 heteroatoms. The van der Waals surface area contributed by atoms with E-state index in [1.807, 2.05) is 30.3 Å². The van der Waals surface area contributed by atoms with Crippen LogP contribution in [0.15, 0.2) is 64.4 Å². The van der Waals surface area contributed by atoms with Crippen LogP contribution in [0, 0.1) is 0 Å². The van der Waals surface area contributed by atoms with Crippen LogP contribution in [0.3, 0.4) is 0 Å². The van der Waals surface area contributed by atoms with E-state index >= 15 is 0 Å². The predicted octanol–water partition coefficient (Wildman–Crippen LogP) is 2.65. The van der Waals surface area contributed by atoms with Crippen molar-refractivity contribution in [1.82, 2.24) is 10.0 Å². The molecule has 0 atom stereocenters. The SMILES string of the molecule is O=C(NCCSc1ccccc1)c1cccc(S(=O)(=O)NC2CC2)c1. The van der Waals surface area contributed by atoms with Crippen molar-refractivity contribution in [2.24, 2.45) is 0 Å². The van der Waals surface area contributed by atoms with Crippen molar-refractivity contribution in [1.29, 1.82) is 0 Å². The topological polar surface area (TPSA) is 75.3 Å². The first-order chi connectivity index (χ1) is 12.0. The normalized spacial score (nSPS) is 14.2. The second kappa shape index (κ2) is 8.03. The number of nitrogens with one attached hydrogen (secondary N) is 2. The summed E-state index contributed by atoms with van der Waals surface area (Å²) >= 11 is 1.66. The number of sulfonamides is 1. The van der Waals surface area contributed by atoms with Gasteiger partial charge >= 0.3 is 0 Å². The number of rotatable bonds is 8. The summed E-state index contributed by atoms with van der Waals surface area (Å²) in [6.45, 7) is 0.510. The van der Waals surface area contributed by atoms with Crippen LogP contribution in [0.2, 0.25) is 0 Å². The zero-order valence-corrected chi connectivity index (χ0v) is 15.3. The molecule has 5 nitrogen and oxygen atoms in total. The van der Waals surface area contributed by atoms with Gasteiger partial charge in [0.15, 0.2) is 0 Å². The number of benzene rings is 2. The fourth-order valence-electron chi connectivity index (χ4n) is 2.25. The van der Waals surface area contributed by atoms with Crippen LogP contribution in [0.4, 0.5) is 0 Å². The van der Waals surface area contributed by atoms with E-state index in [0.717, 1.165) is 23.5 Å². The molecule has 0 bridgehead atoms. The first-order valence-electron chi connectivity index (χ1n) is 8.13. The Labute approximate surface area is 152 Å². The van der Waals surface area contributed by atoms with Gasteiger partial charge < -0.3 is 5.32 Å². The van der Waals surface area contributed by atoms with E-state index in [2.05, 4.69) is 10.0 Å². The van der Waals surface area contributed by atoms with Crippen molar-refractivity contribution in [3.63, 3.8) is 0 Å². The molecule has 0 unspecified atom stereocenters. The summed E-state index contributed by atoms with van der Waals surface area (Å²) in [6, 6.07) is 16.1. The molecule has 2 N–H and O–H groups in total. The van der Waals surface area contributed by atoms with Gasteiger partial charge in [0.2, 0.25) is 10.0 Å². The lowest BCUT2D eigenvalue weighted by atomic mass is 10.2. The number of carbonyl (C=O) groups excluding carboxylic acids is 1. The van der Waals surface area contributed by atoms with Gasteiger partial charge in [0, 0.05) is 28.8 Å². The highest BCUT2D eigenvalue weighted by atomic mass is 32.2. The maximum absolute atomic E-state index is 12.2. The van der Waals surface area contributed by atoms with E-state index < -0.39 is 10.0 Å². The predicted molar refractivity (Wildman–Crippen MR) is 99.3 cm³/mol. The lowest BCUT2D eigenvalue weighted by molar-refractivity contribution is 0.0956. The van der Waals surface area contributed by atoms with Crippen LogP contribution >= 0.6 is 11.8 Å². The van der Waals surface area contributed by atoms with Gasteiger partial charge in [0.1, 0.15) is 0 Å². The molecular formula is C18H20N2O3S2. The van der Waals surface area contributed by atoms with Crippen LogP contribution in [0.1, 0.15) is 23.2 Å². The largest absolute Gasteiger partial charge is 0.351 e. The number of amides is 1. The second-order valence-electron chi connectivity index (χ2n) is 5.84. The molecule has 0 aliphatic heterocycles. The molecular weight excluding hydrogens is 356 g/mol. The minimum absolute atomic E-state index is 0.0393. The number of hydrogen-bond acceptors (Lipinski definition) is 4. The first kappa shape index (κ1) is 18.0. The van der Waals surface area contributed by atoms with Gasteiger partial charge in [-0.3, -0.25) is 4.79 Å². The summed E-state index contributed by atoms with van der Waals surface area (Å²) < 4.78 is 27.1. The molecule has 1 fully saturated rings. The number of thioether (sulfide) groups is 1. The molecule has 0 aromatic heterocycles. The Morgan fingerprint density at radius 2 is 1.84 bits per heavy atom. The average molecular weight is 377 g/mol. The van der Waals surface area contributed by atoms with Crippen molar-refractivity contribution in [3.05, 3.63) is 60.2 Å². The molecule has 0 saturated heterocycles. The summed E-state index contributed by atoms with van der Waals surface area (Å²) in [4.78, 5) is 13.5. The van der Waals surface area contributed by atoms with Crippen LogP contribution in [0.5, 0.6) is 0 Å². The zero-order chi connectivity index (χ0) is 17.7. The highest BCUT2D eigenvalue weighted by molar-refractivity contribution is 7.99. The molecule has 25 heavy (non-hydrogen) atoms. The molecule has 0 radical (unpaired) electrons. The van der Waals surface area contributed by atoms with E-state index in [1.54, 1.807) is 23.9 Å². The minimum atomic E-state index is -3.55. The second-order valence-corrected chi connectivity index (χ2v) is 8.72. The Kier molecular flexibility index (Phi) is 5.78. The van der Waals surface area contributed by atoms with E-state index in [0.29, 0.717) is 12.1 Å². The zero-order valence-electron chi connectivity index (χ0n) is 13.6. The van der Waals surface area contributed by atoms with E-state index in [9.17, 15) is 13.2 Å². The van der Waals surface area contributed by atoms with Gasteiger partial charge in [-0.15, -0.1) is 11.8 Å². The van der Waals surface area contributed by atoms with Gasteiger partial charge in [0.25, 0.3) is 5.91 Å². The third-order valence-corrected chi connectivity index (χ3v) is 6.24. The van der Waals surface area contributed by atoms with Gasteiger partial charge in [-0.1, -0.05) is 24.3 Å². The fraction of sp³-hybridized carbons (Fsp3) is 0.278. The lowest BCUT2D eigenvalue weighted by Gasteiger charge is -2.08. The van der Waals surface area contributed by atoms with Crippen molar-refractivity contribution in [2.45, 2.75) is 28.7 Å². The molecule has 1 amide bonds. The molecule has 2 aromatic carbocycles. The Balaban J connectivity index is 1.54. The third-order valence-electron chi connectivity index (χ3n) is 3.71. The molecule has 3 rings (SSSR count). The van der Waals surface area contributed by atoms with Crippen LogP contribution in [-0.4, -0.2) is 32.7 Å².